The molecule has 0 aromatic heterocycles. The molecule has 5 heteroatoms. The van der Waals surface area contributed by atoms with Crippen molar-refractivity contribution in [2.24, 2.45) is 0 Å². The van der Waals surface area contributed by atoms with Gasteiger partial charge in [-0.05, 0) is 47.6 Å². The lowest BCUT2D eigenvalue weighted by Gasteiger charge is -2.23. The van der Waals surface area contributed by atoms with Gasteiger partial charge in [0.15, 0.2) is 5.82 Å². The van der Waals surface area contributed by atoms with Crippen LogP contribution in [-0.4, -0.2) is 11.9 Å². The second kappa shape index (κ2) is 5.95. The molecule has 1 amide bonds. The van der Waals surface area contributed by atoms with E-state index in [2.05, 4.69) is 5.32 Å². The Balaban J connectivity index is 2.15. The average molecular weight is 365 g/mol. The highest BCUT2D eigenvalue weighted by atomic mass is 127. The molecule has 98 valence electrons. The van der Waals surface area contributed by atoms with Gasteiger partial charge >= 0.3 is 0 Å². The van der Waals surface area contributed by atoms with E-state index < -0.39 is 23.1 Å². The van der Waals surface area contributed by atoms with Crippen molar-refractivity contribution in [1.29, 1.82) is 0 Å². The van der Waals surface area contributed by atoms with Crippen molar-refractivity contribution in [2.75, 3.05) is 0 Å². The van der Waals surface area contributed by atoms with E-state index >= 15 is 0 Å². The van der Waals surface area contributed by atoms with Crippen LogP contribution in [0.4, 0.5) is 8.78 Å². The molecule has 0 unspecified atom stereocenters. The molecule has 1 aromatic carbocycles. The first-order valence-corrected chi connectivity index (χ1v) is 7.12. The van der Waals surface area contributed by atoms with Crippen LogP contribution in [0.5, 0.6) is 0 Å². The van der Waals surface area contributed by atoms with Crippen LogP contribution in [0.1, 0.15) is 42.5 Å². The van der Waals surface area contributed by atoms with Crippen molar-refractivity contribution >= 4 is 28.5 Å². The maximum atomic E-state index is 13.8. The Kier molecular flexibility index (Phi) is 4.53. The maximum Gasteiger partial charge on any atom is 0.257 e. The number of hydrogen-bond acceptors (Lipinski definition) is 1. The molecule has 0 atom stereocenters. The highest BCUT2D eigenvalue weighted by molar-refractivity contribution is 14.1. The van der Waals surface area contributed by atoms with Gasteiger partial charge in [0.25, 0.3) is 5.91 Å². The van der Waals surface area contributed by atoms with E-state index in [4.69, 9.17) is 0 Å². The third-order valence-corrected chi connectivity index (χ3v) is 4.04. The van der Waals surface area contributed by atoms with Crippen LogP contribution in [-0.2, 0) is 0 Å². The molecular weight excluding hydrogens is 351 g/mol. The van der Waals surface area contributed by atoms with E-state index in [9.17, 15) is 13.6 Å². The van der Waals surface area contributed by atoms with Crippen molar-refractivity contribution in [1.82, 2.24) is 5.32 Å². The Labute approximate surface area is 118 Å². The van der Waals surface area contributed by atoms with E-state index in [1.54, 1.807) is 22.6 Å². The van der Waals surface area contributed by atoms with Crippen molar-refractivity contribution in [3.63, 3.8) is 0 Å². The predicted octanol–water partition coefficient (Wildman–Crippen LogP) is 3.63. The Morgan fingerprint density at radius 2 is 1.89 bits per heavy atom. The van der Waals surface area contributed by atoms with Crippen LogP contribution < -0.4 is 5.32 Å². The summed E-state index contributed by atoms with van der Waals surface area (Å²) >= 11 is 1.75. The summed E-state index contributed by atoms with van der Waals surface area (Å²) in [6.07, 6.45) is 5.06. The monoisotopic (exact) mass is 365 g/mol. The fraction of sp³-hybridized carbons (Fsp3) is 0.462. The van der Waals surface area contributed by atoms with E-state index in [1.165, 1.54) is 12.5 Å². The molecule has 2 rings (SSSR count). The lowest BCUT2D eigenvalue weighted by atomic mass is 9.95. The van der Waals surface area contributed by atoms with Gasteiger partial charge in [-0.3, -0.25) is 4.79 Å². The van der Waals surface area contributed by atoms with Gasteiger partial charge in [0.2, 0.25) is 0 Å². The molecule has 1 aliphatic carbocycles. The zero-order valence-corrected chi connectivity index (χ0v) is 12.0. The Hall–Kier alpha value is -0.720. The summed E-state index contributed by atoms with van der Waals surface area (Å²) in [7, 11) is 0. The number of benzene rings is 1. The van der Waals surface area contributed by atoms with Crippen LogP contribution in [0, 0.1) is 15.2 Å². The lowest BCUT2D eigenvalue weighted by Crippen LogP contribution is -2.37. The Morgan fingerprint density at radius 3 is 2.56 bits per heavy atom. The highest BCUT2D eigenvalue weighted by Crippen LogP contribution is 2.21. The van der Waals surface area contributed by atoms with E-state index in [1.807, 2.05) is 0 Å². The maximum absolute atomic E-state index is 13.8. The summed E-state index contributed by atoms with van der Waals surface area (Å²) < 4.78 is 27.5. The van der Waals surface area contributed by atoms with Gasteiger partial charge in [-0.2, -0.15) is 0 Å². The predicted molar refractivity (Wildman–Crippen MR) is 73.4 cm³/mol. The van der Waals surface area contributed by atoms with Gasteiger partial charge in [-0.25, -0.2) is 8.78 Å². The van der Waals surface area contributed by atoms with Gasteiger partial charge in [0, 0.05) is 9.61 Å². The minimum atomic E-state index is -0.804. The number of nitrogens with one attached hydrogen (secondary N) is 1. The van der Waals surface area contributed by atoms with E-state index in [0.29, 0.717) is 0 Å². The quantitative estimate of drug-likeness (QED) is 0.630. The van der Waals surface area contributed by atoms with Gasteiger partial charge in [-0.15, -0.1) is 0 Å². The van der Waals surface area contributed by atoms with Gasteiger partial charge < -0.3 is 5.32 Å². The summed E-state index contributed by atoms with van der Waals surface area (Å²) in [5, 5.41) is 2.72. The molecule has 0 spiro atoms. The zero-order valence-electron chi connectivity index (χ0n) is 9.81. The molecule has 18 heavy (non-hydrogen) atoms. The minimum absolute atomic E-state index is 0.0444. The number of carbonyl (C=O) groups is 1. The molecular formula is C13H14F2INO. The first kappa shape index (κ1) is 13.7. The molecule has 0 aliphatic heterocycles. The summed E-state index contributed by atoms with van der Waals surface area (Å²) in [6.45, 7) is 0. The number of amides is 1. The third-order valence-electron chi connectivity index (χ3n) is 3.21. The first-order valence-electron chi connectivity index (χ1n) is 6.04. The molecule has 0 heterocycles. The van der Waals surface area contributed by atoms with E-state index in [0.717, 1.165) is 31.7 Å². The van der Waals surface area contributed by atoms with Crippen molar-refractivity contribution < 1.29 is 13.6 Å². The summed E-state index contributed by atoms with van der Waals surface area (Å²) in [5.41, 5.74) is -0.465. The molecule has 1 saturated carbocycles. The molecule has 1 N–H and O–H groups in total. The van der Waals surface area contributed by atoms with Crippen molar-refractivity contribution in [2.45, 2.75) is 38.1 Å². The molecule has 0 bridgehead atoms. The van der Waals surface area contributed by atoms with Crippen LogP contribution >= 0.6 is 22.6 Å². The van der Waals surface area contributed by atoms with Gasteiger partial charge in [-0.1, -0.05) is 19.3 Å². The summed E-state index contributed by atoms with van der Waals surface area (Å²) in [4.78, 5) is 11.9. The second-order valence-corrected chi connectivity index (χ2v) is 5.69. The first-order chi connectivity index (χ1) is 8.59. The smallest absolute Gasteiger partial charge is 0.257 e. The van der Waals surface area contributed by atoms with Crippen molar-refractivity contribution in [3.05, 3.63) is 32.9 Å². The Morgan fingerprint density at radius 1 is 1.22 bits per heavy atom. The molecule has 1 aromatic rings. The lowest BCUT2D eigenvalue weighted by molar-refractivity contribution is 0.0919. The van der Waals surface area contributed by atoms with Crippen LogP contribution in [0.3, 0.4) is 0 Å². The molecule has 2 nitrogen and oxygen atoms in total. The summed E-state index contributed by atoms with van der Waals surface area (Å²) in [5.74, 6) is -2.22. The largest absolute Gasteiger partial charge is 0.349 e. The van der Waals surface area contributed by atoms with Crippen LogP contribution in [0.15, 0.2) is 12.1 Å². The second-order valence-electron chi connectivity index (χ2n) is 4.53. The SMILES string of the molecule is O=C(NC1CCCCC1)c1c(F)ccc(I)c1F. The number of halogens is 3. The number of rotatable bonds is 2. The molecule has 1 fully saturated rings. The zero-order chi connectivity index (χ0) is 13.1. The van der Waals surface area contributed by atoms with Gasteiger partial charge in [0.05, 0.1) is 0 Å². The fourth-order valence-electron chi connectivity index (χ4n) is 2.24. The minimum Gasteiger partial charge on any atom is -0.349 e. The van der Waals surface area contributed by atoms with Crippen LogP contribution in [0.2, 0.25) is 0 Å². The fourth-order valence-corrected chi connectivity index (χ4v) is 2.69. The van der Waals surface area contributed by atoms with E-state index in [-0.39, 0.29) is 9.61 Å². The molecule has 0 saturated heterocycles. The third kappa shape index (κ3) is 2.99. The number of carbonyl (C=O) groups excluding carboxylic acids is 1. The normalized spacial score (nSPS) is 16.6. The summed E-state index contributed by atoms with van der Waals surface area (Å²) in [6, 6.07) is 2.49. The number of hydrogen-bond donors (Lipinski definition) is 1. The Bertz CT molecular complexity index is 459. The highest BCUT2D eigenvalue weighted by Gasteiger charge is 2.23. The van der Waals surface area contributed by atoms with Gasteiger partial charge in [0.1, 0.15) is 11.4 Å². The molecule has 1 aliphatic rings. The standard InChI is InChI=1S/C13H14F2INO/c14-9-6-7-10(16)12(15)11(9)13(18)17-8-4-2-1-3-5-8/h6-8H,1-5H2,(H,17,18). The molecule has 0 radical (unpaired) electrons. The van der Waals surface area contributed by atoms with Crippen molar-refractivity contribution in [3.8, 4) is 0 Å². The van der Waals surface area contributed by atoms with Crippen LogP contribution in [0.25, 0.3) is 0 Å². The average Bonchev–Trinajstić information content (AvgIpc) is 2.36. The topological polar surface area (TPSA) is 29.1 Å².